The van der Waals surface area contributed by atoms with Crippen molar-refractivity contribution in [1.29, 1.82) is 0 Å². The second-order valence-corrected chi connectivity index (χ2v) is 9.69. The lowest BCUT2D eigenvalue weighted by molar-refractivity contribution is -0.132. The van der Waals surface area contributed by atoms with Crippen LogP contribution in [0.15, 0.2) is 0 Å². The van der Waals surface area contributed by atoms with Crippen LogP contribution in [-0.4, -0.2) is 92.4 Å². The number of fused-ring (bicyclic) bond motifs is 3. The monoisotopic (exact) mass is 386 g/mol. The van der Waals surface area contributed by atoms with Gasteiger partial charge in [-0.2, -0.15) is 4.31 Å². The second-order valence-electron chi connectivity index (χ2n) is 7.71. The van der Waals surface area contributed by atoms with Gasteiger partial charge in [0, 0.05) is 51.6 Å². The number of piperidine rings is 3. The van der Waals surface area contributed by atoms with Crippen LogP contribution in [0.25, 0.3) is 0 Å². The van der Waals surface area contributed by atoms with E-state index in [4.69, 9.17) is 0 Å². The first-order valence-corrected chi connectivity index (χ1v) is 11.4. The molecule has 0 aromatic rings. The maximum atomic E-state index is 12.2. The first kappa shape index (κ1) is 19.6. The molecule has 26 heavy (non-hydrogen) atoms. The highest BCUT2D eigenvalue weighted by Gasteiger charge is 2.34. The second kappa shape index (κ2) is 8.22. The van der Waals surface area contributed by atoms with Gasteiger partial charge < -0.3 is 15.1 Å². The van der Waals surface area contributed by atoms with E-state index in [2.05, 4.69) is 10.2 Å². The molecule has 9 heteroatoms. The smallest absolute Gasteiger partial charge is 0.222 e. The lowest BCUT2D eigenvalue weighted by Crippen LogP contribution is -2.57. The Labute approximate surface area is 155 Å². The molecule has 4 saturated heterocycles. The molecule has 148 valence electrons. The highest BCUT2D eigenvalue weighted by atomic mass is 32.2. The zero-order valence-electron chi connectivity index (χ0n) is 15.5. The highest BCUT2D eigenvalue weighted by Crippen LogP contribution is 2.27. The zero-order valence-corrected chi connectivity index (χ0v) is 16.3. The molecule has 0 aromatic carbocycles. The topological polar surface area (TPSA) is 90.0 Å². The van der Waals surface area contributed by atoms with Crippen molar-refractivity contribution in [2.45, 2.75) is 38.1 Å². The predicted octanol–water partition coefficient (Wildman–Crippen LogP) is -0.529. The Morgan fingerprint density at radius 3 is 2.19 bits per heavy atom. The number of amides is 2. The van der Waals surface area contributed by atoms with Crippen LogP contribution in [0.3, 0.4) is 0 Å². The third kappa shape index (κ3) is 4.95. The molecule has 0 saturated carbocycles. The van der Waals surface area contributed by atoms with Gasteiger partial charge in [0.1, 0.15) is 0 Å². The molecule has 0 aliphatic carbocycles. The van der Waals surface area contributed by atoms with Crippen LogP contribution >= 0.6 is 0 Å². The molecule has 1 unspecified atom stereocenters. The van der Waals surface area contributed by atoms with Gasteiger partial charge in [0.25, 0.3) is 0 Å². The molecule has 0 spiro atoms. The Bertz CT molecular complexity index is 623. The number of piperazine rings is 1. The van der Waals surface area contributed by atoms with E-state index in [1.807, 2.05) is 0 Å². The number of carbonyl (C=O) groups excluding carboxylic acids is 2. The fraction of sp³-hybridized carbons (Fsp3) is 0.882. The minimum absolute atomic E-state index is 0.00813. The number of nitrogens with one attached hydrogen (secondary N) is 1. The molecule has 4 aliphatic heterocycles. The summed E-state index contributed by atoms with van der Waals surface area (Å²) in [6.07, 6.45) is 4.78. The summed E-state index contributed by atoms with van der Waals surface area (Å²) in [5.74, 6) is 0.656. The van der Waals surface area contributed by atoms with Crippen molar-refractivity contribution in [2.24, 2.45) is 5.92 Å². The largest absolute Gasteiger partial charge is 0.352 e. The van der Waals surface area contributed by atoms with Gasteiger partial charge in [0.2, 0.25) is 21.8 Å². The fourth-order valence-corrected chi connectivity index (χ4v) is 5.06. The van der Waals surface area contributed by atoms with Gasteiger partial charge in [-0.15, -0.1) is 0 Å². The lowest BCUT2D eigenvalue weighted by atomic mass is 9.84. The van der Waals surface area contributed by atoms with E-state index in [-0.39, 0.29) is 17.9 Å². The third-order valence-electron chi connectivity index (χ3n) is 5.86. The first-order valence-electron chi connectivity index (χ1n) is 9.57. The van der Waals surface area contributed by atoms with E-state index >= 15 is 0 Å². The van der Waals surface area contributed by atoms with E-state index in [0.29, 0.717) is 51.4 Å². The maximum Gasteiger partial charge on any atom is 0.222 e. The molecule has 2 amide bonds. The summed E-state index contributed by atoms with van der Waals surface area (Å²) in [5, 5.41) is 3.15. The Hall–Kier alpha value is -1.19. The molecular weight excluding hydrogens is 356 g/mol. The Kier molecular flexibility index (Phi) is 6.19. The molecule has 1 N–H and O–H groups in total. The van der Waals surface area contributed by atoms with Crippen LogP contribution in [0.5, 0.6) is 0 Å². The summed E-state index contributed by atoms with van der Waals surface area (Å²) in [6, 6.07) is 0.268. The average molecular weight is 387 g/mol. The molecule has 1 atom stereocenters. The van der Waals surface area contributed by atoms with Gasteiger partial charge in [-0.05, 0) is 38.3 Å². The maximum absolute atomic E-state index is 12.2. The molecule has 4 aliphatic rings. The minimum atomic E-state index is -3.18. The van der Waals surface area contributed by atoms with Gasteiger partial charge in [-0.25, -0.2) is 8.42 Å². The van der Waals surface area contributed by atoms with Gasteiger partial charge >= 0.3 is 0 Å². The highest BCUT2D eigenvalue weighted by molar-refractivity contribution is 7.88. The molecule has 2 bridgehead atoms. The van der Waals surface area contributed by atoms with E-state index in [9.17, 15) is 18.0 Å². The van der Waals surface area contributed by atoms with Crippen LogP contribution in [0.2, 0.25) is 0 Å². The molecule has 4 fully saturated rings. The first-order chi connectivity index (χ1) is 12.3. The normalized spacial score (nSPS) is 29.6. The number of sulfonamides is 1. The summed E-state index contributed by atoms with van der Waals surface area (Å²) in [5.41, 5.74) is 0. The zero-order chi connectivity index (χ0) is 18.7. The standard InChI is InChI=1S/C17H30N4O4S/c1-26(24,25)21-11-9-20(10-12-21)17(23)4-2-3-16(22)18-15-13-19-7-5-14(15)6-8-19/h14-15H,2-13H2,1H3,(H,18,22). The van der Waals surface area contributed by atoms with Crippen molar-refractivity contribution in [3.63, 3.8) is 0 Å². The van der Waals surface area contributed by atoms with Gasteiger partial charge in [-0.3, -0.25) is 9.59 Å². The van der Waals surface area contributed by atoms with Crippen LogP contribution in [0, 0.1) is 5.92 Å². The third-order valence-corrected chi connectivity index (χ3v) is 7.16. The van der Waals surface area contributed by atoms with Gasteiger partial charge in [-0.1, -0.05) is 0 Å². The van der Waals surface area contributed by atoms with Gasteiger partial charge in [0.15, 0.2) is 0 Å². The summed E-state index contributed by atoms with van der Waals surface area (Å²) < 4.78 is 24.4. The average Bonchev–Trinajstić information content (AvgIpc) is 2.62. The Balaban J connectivity index is 1.33. The molecule has 0 radical (unpaired) electrons. The van der Waals surface area contributed by atoms with Crippen molar-refractivity contribution in [3.8, 4) is 0 Å². The van der Waals surface area contributed by atoms with E-state index in [0.717, 1.165) is 19.6 Å². The predicted molar refractivity (Wildman–Crippen MR) is 97.9 cm³/mol. The molecular formula is C17H30N4O4S. The van der Waals surface area contributed by atoms with Crippen molar-refractivity contribution in [2.75, 3.05) is 52.1 Å². The number of nitrogens with zero attached hydrogens (tertiary/aromatic N) is 3. The van der Waals surface area contributed by atoms with Crippen LogP contribution < -0.4 is 5.32 Å². The molecule has 4 heterocycles. The van der Waals surface area contributed by atoms with E-state index < -0.39 is 10.0 Å². The molecule has 4 rings (SSSR count). The summed E-state index contributed by atoms with van der Waals surface area (Å²) in [6.45, 7) is 4.82. The fourth-order valence-electron chi connectivity index (χ4n) is 4.23. The number of hydrogen-bond acceptors (Lipinski definition) is 5. The Morgan fingerprint density at radius 2 is 1.65 bits per heavy atom. The molecule has 0 aromatic heterocycles. The number of rotatable bonds is 6. The van der Waals surface area contributed by atoms with Crippen LogP contribution in [0.4, 0.5) is 0 Å². The lowest BCUT2D eigenvalue weighted by Gasteiger charge is -2.44. The SMILES string of the molecule is CS(=O)(=O)N1CCN(C(=O)CCCC(=O)NC2CN3CCC2CC3)CC1. The minimum Gasteiger partial charge on any atom is -0.352 e. The van der Waals surface area contributed by atoms with E-state index in [1.54, 1.807) is 4.90 Å². The number of carbonyl (C=O) groups is 2. The van der Waals surface area contributed by atoms with Crippen molar-refractivity contribution in [3.05, 3.63) is 0 Å². The van der Waals surface area contributed by atoms with Crippen molar-refractivity contribution in [1.82, 2.24) is 19.4 Å². The number of hydrogen-bond donors (Lipinski definition) is 1. The summed E-state index contributed by atoms with van der Waals surface area (Å²) >= 11 is 0. The van der Waals surface area contributed by atoms with Gasteiger partial charge in [0.05, 0.1) is 6.26 Å². The van der Waals surface area contributed by atoms with Crippen LogP contribution in [0.1, 0.15) is 32.1 Å². The van der Waals surface area contributed by atoms with E-state index in [1.165, 1.54) is 23.4 Å². The summed E-state index contributed by atoms with van der Waals surface area (Å²) in [4.78, 5) is 28.5. The van der Waals surface area contributed by atoms with Crippen molar-refractivity contribution >= 4 is 21.8 Å². The summed E-state index contributed by atoms with van der Waals surface area (Å²) in [7, 11) is -3.18. The Morgan fingerprint density at radius 1 is 1.00 bits per heavy atom. The van der Waals surface area contributed by atoms with Crippen molar-refractivity contribution < 1.29 is 18.0 Å². The van der Waals surface area contributed by atoms with Crippen LogP contribution in [-0.2, 0) is 19.6 Å². The molecule has 8 nitrogen and oxygen atoms in total. The quantitative estimate of drug-likeness (QED) is 0.663.